The zero-order valence-electron chi connectivity index (χ0n) is 17.4. The van der Waals surface area contributed by atoms with Gasteiger partial charge in [-0.25, -0.2) is 0 Å². The summed E-state index contributed by atoms with van der Waals surface area (Å²) in [6.45, 7) is 12.4. The monoisotopic (exact) mass is 365 g/mol. The molecular formula is C21H35NO4. The van der Waals surface area contributed by atoms with Gasteiger partial charge in [-0.2, -0.15) is 0 Å². The average molecular weight is 366 g/mol. The Labute approximate surface area is 157 Å². The van der Waals surface area contributed by atoms with E-state index in [1.807, 2.05) is 27.7 Å². The van der Waals surface area contributed by atoms with Crippen molar-refractivity contribution in [1.29, 1.82) is 0 Å². The van der Waals surface area contributed by atoms with Crippen LogP contribution in [0, 0.1) is 17.3 Å². The minimum Gasteiger partial charge on any atom is -0.468 e. The summed E-state index contributed by atoms with van der Waals surface area (Å²) in [5, 5.41) is 3.61. The molecule has 1 N–H and O–H groups in total. The third kappa shape index (κ3) is 2.82. The standard InChI is InChI=1S/C21H35NO4/c1-13-8-9-15-19(5,6)21(15,16(13)23)22-20(17(24)25-7)11-10-14(12-20)26-18(2,3)4/h13-15,22H,8-12H2,1-7H3/t13?,14-,15?,20+,21?/m0/s1. The van der Waals surface area contributed by atoms with Crippen molar-refractivity contribution in [2.24, 2.45) is 17.3 Å². The van der Waals surface area contributed by atoms with E-state index in [9.17, 15) is 9.59 Å². The molecule has 0 aliphatic heterocycles. The number of ether oxygens (including phenoxy) is 2. The van der Waals surface area contributed by atoms with Crippen LogP contribution in [-0.2, 0) is 19.1 Å². The normalized spacial score (nSPS) is 41.7. The number of ketones is 1. The molecule has 0 aromatic carbocycles. The van der Waals surface area contributed by atoms with Gasteiger partial charge in [0.1, 0.15) is 5.54 Å². The Balaban J connectivity index is 1.89. The number of hydrogen-bond acceptors (Lipinski definition) is 5. The summed E-state index contributed by atoms with van der Waals surface area (Å²) in [7, 11) is 1.43. The lowest BCUT2D eigenvalue weighted by Crippen LogP contribution is -2.62. The zero-order valence-corrected chi connectivity index (χ0v) is 17.4. The van der Waals surface area contributed by atoms with Crippen LogP contribution in [0.2, 0.25) is 0 Å². The molecule has 0 heterocycles. The Morgan fingerprint density at radius 1 is 1.19 bits per heavy atom. The maximum Gasteiger partial charge on any atom is 0.326 e. The summed E-state index contributed by atoms with van der Waals surface area (Å²) in [6.07, 6.45) is 3.97. The van der Waals surface area contributed by atoms with Crippen LogP contribution in [0.15, 0.2) is 0 Å². The second-order valence-corrected chi connectivity index (χ2v) is 10.2. The average Bonchev–Trinajstić information content (AvgIpc) is 2.81. The van der Waals surface area contributed by atoms with Crippen molar-refractivity contribution in [1.82, 2.24) is 5.32 Å². The first-order chi connectivity index (χ1) is 11.9. The van der Waals surface area contributed by atoms with E-state index >= 15 is 0 Å². The van der Waals surface area contributed by atoms with Crippen LogP contribution in [-0.4, -0.2) is 41.6 Å². The third-order valence-electron chi connectivity index (χ3n) is 7.05. The van der Waals surface area contributed by atoms with Gasteiger partial charge in [0.05, 0.1) is 24.4 Å². The van der Waals surface area contributed by atoms with E-state index in [1.165, 1.54) is 7.11 Å². The molecule has 0 aromatic rings. The van der Waals surface area contributed by atoms with Crippen molar-refractivity contribution in [3.63, 3.8) is 0 Å². The molecule has 3 saturated carbocycles. The second kappa shape index (κ2) is 6.03. The minimum atomic E-state index is -0.830. The van der Waals surface area contributed by atoms with Crippen LogP contribution in [0.25, 0.3) is 0 Å². The molecule has 148 valence electrons. The first-order valence-electron chi connectivity index (χ1n) is 9.99. The number of methoxy groups -OCH3 is 1. The Kier molecular flexibility index (Phi) is 4.60. The Bertz CT molecular complexity index is 608. The maximum absolute atomic E-state index is 13.2. The molecule has 3 fully saturated rings. The Hall–Kier alpha value is -0.940. The van der Waals surface area contributed by atoms with Crippen LogP contribution in [0.5, 0.6) is 0 Å². The molecule has 26 heavy (non-hydrogen) atoms. The Morgan fingerprint density at radius 3 is 2.42 bits per heavy atom. The van der Waals surface area contributed by atoms with E-state index < -0.39 is 11.1 Å². The van der Waals surface area contributed by atoms with Gasteiger partial charge in [-0.05, 0) is 57.8 Å². The molecule has 0 aromatic heterocycles. The van der Waals surface area contributed by atoms with E-state index in [0.717, 1.165) is 19.3 Å². The fraction of sp³-hybridized carbons (Fsp3) is 0.905. The van der Waals surface area contributed by atoms with Gasteiger partial charge in [0.15, 0.2) is 5.78 Å². The van der Waals surface area contributed by atoms with E-state index in [-0.39, 0.29) is 34.8 Å². The number of esters is 1. The van der Waals surface area contributed by atoms with Crippen molar-refractivity contribution in [2.75, 3.05) is 7.11 Å². The number of fused-ring (bicyclic) bond motifs is 1. The minimum absolute atomic E-state index is 0.00516. The molecule has 0 bridgehead atoms. The molecule has 3 unspecified atom stereocenters. The van der Waals surface area contributed by atoms with Gasteiger partial charge in [0.25, 0.3) is 0 Å². The summed E-state index contributed by atoms with van der Waals surface area (Å²) < 4.78 is 11.3. The summed E-state index contributed by atoms with van der Waals surface area (Å²) in [5.41, 5.74) is -1.82. The van der Waals surface area contributed by atoms with E-state index in [0.29, 0.717) is 18.8 Å². The second-order valence-electron chi connectivity index (χ2n) is 10.2. The third-order valence-corrected chi connectivity index (χ3v) is 7.05. The summed E-state index contributed by atoms with van der Waals surface area (Å²) >= 11 is 0. The fourth-order valence-electron chi connectivity index (χ4n) is 5.71. The number of rotatable bonds is 4. The quantitative estimate of drug-likeness (QED) is 0.775. The molecule has 5 nitrogen and oxygen atoms in total. The van der Waals surface area contributed by atoms with E-state index in [4.69, 9.17) is 9.47 Å². The number of nitrogens with one attached hydrogen (secondary N) is 1. The lowest BCUT2D eigenvalue weighted by molar-refractivity contribution is -0.151. The molecular weight excluding hydrogens is 330 g/mol. The summed E-state index contributed by atoms with van der Waals surface area (Å²) in [4.78, 5) is 26.0. The highest BCUT2D eigenvalue weighted by molar-refractivity contribution is 5.97. The lowest BCUT2D eigenvalue weighted by Gasteiger charge is -2.37. The van der Waals surface area contributed by atoms with Crippen molar-refractivity contribution >= 4 is 11.8 Å². The molecule has 5 atom stereocenters. The highest BCUT2D eigenvalue weighted by Gasteiger charge is 2.78. The molecule has 0 amide bonds. The van der Waals surface area contributed by atoms with Crippen molar-refractivity contribution < 1.29 is 19.1 Å². The topological polar surface area (TPSA) is 64.6 Å². The van der Waals surface area contributed by atoms with Crippen molar-refractivity contribution in [3.05, 3.63) is 0 Å². The van der Waals surface area contributed by atoms with Crippen molar-refractivity contribution in [2.45, 2.75) is 96.4 Å². The van der Waals surface area contributed by atoms with Gasteiger partial charge in [0.2, 0.25) is 0 Å². The molecule has 0 saturated heterocycles. The molecule has 0 radical (unpaired) electrons. The van der Waals surface area contributed by atoms with Gasteiger partial charge < -0.3 is 9.47 Å². The van der Waals surface area contributed by atoms with Gasteiger partial charge >= 0.3 is 5.97 Å². The number of carbonyl (C=O) groups excluding carboxylic acids is 2. The predicted octanol–water partition coefficient (Wildman–Crippen LogP) is 3.25. The highest BCUT2D eigenvalue weighted by atomic mass is 16.5. The molecule has 3 rings (SSSR count). The lowest BCUT2D eigenvalue weighted by atomic mass is 9.82. The Morgan fingerprint density at radius 2 is 1.85 bits per heavy atom. The molecule has 3 aliphatic carbocycles. The number of Topliss-reactive ketones (excluding diaryl/α,β-unsaturated/α-hetero) is 1. The largest absolute Gasteiger partial charge is 0.468 e. The predicted molar refractivity (Wildman–Crippen MR) is 99.8 cm³/mol. The van der Waals surface area contributed by atoms with Gasteiger partial charge in [-0.1, -0.05) is 20.8 Å². The van der Waals surface area contributed by atoms with Crippen LogP contribution in [0.4, 0.5) is 0 Å². The van der Waals surface area contributed by atoms with E-state index in [1.54, 1.807) is 0 Å². The van der Waals surface area contributed by atoms with Crippen LogP contribution >= 0.6 is 0 Å². The highest BCUT2D eigenvalue weighted by Crippen LogP contribution is 2.68. The van der Waals surface area contributed by atoms with Crippen LogP contribution in [0.3, 0.4) is 0 Å². The van der Waals surface area contributed by atoms with Gasteiger partial charge in [-0.3, -0.25) is 14.9 Å². The zero-order chi connectivity index (χ0) is 19.5. The van der Waals surface area contributed by atoms with Crippen LogP contribution in [0.1, 0.15) is 73.6 Å². The molecule has 0 spiro atoms. The maximum atomic E-state index is 13.2. The van der Waals surface area contributed by atoms with Gasteiger partial charge in [0, 0.05) is 12.3 Å². The SMILES string of the molecule is COC(=O)[C@@]1(NC23C(=O)C(C)CCC2C3(C)C)CC[C@H](OC(C)(C)C)C1. The number of carbonyl (C=O) groups is 2. The van der Waals surface area contributed by atoms with Crippen molar-refractivity contribution in [3.8, 4) is 0 Å². The first kappa shape index (κ1) is 19.8. The first-order valence-corrected chi connectivity index (χ1v) is 9.99. The summed E-state index contributed by atoms with van der Waals surface area (Å²) in [5.74, 6) is 0.336. The molecule has 3 aliphatic rings. The molecule has 5 heteroatoms. The smallest absolute Gasteiger partial charge is 0.326 e. The van der Waals surface area contributed by atoms with E-state index in [2.05, 4.69) is 19.2 Å². The van der Waals surface area contributed by atoms with Gasteiger partial charge in [-0.15, -0.1) is 0 Å². The fourth-order valence-corrected chi connectivity index (χ4v) is 5.71. The number of hydrogen-bond donors (Lipinski definition) is 1. The van der Waals surface area contributed by atoms with Crippen LogP contribution < -0.4 is 5.32 Å². The summed E-state index contributed by atoms with van der Waals surface area (Å²) in [6, 6.07) is 0.